The van der Waals surface area contributed by atoms with Gasteiger partial charge in [0.1, 0.15) is 12.2 Å². The fraction of sp³-hybridized carbons (Fsp3) is 0.292. The van der Waals surface area contributed by atoms with Crippen molar-refractivity contribution in [3.8, 4) is 0 Å². The van der Waals surface area contributed by atoms with Crippen LogP contribution < -0.4 is 22.0 Å². The fourth-order valence-corrected chi connectivity index (χ4v) is 3.22. The minimum atomic E-state index is -0.694. The minimum absolute atomic E-state index is 0. The SMILES string of the molecule is Cc1cc(=O)oc2cc(NC(=O)C(N)CCCCNC(=O)OCc3ccccc3)ccc12.Cl. The highest BCUT2D eigenvalue weighted by atomic mass is 35.5. The Kier molecular flexibility index (Phi) is 9.90. The summed E-state index contributed by atoms with van der Waals surface area (Å²) in [4.78, 5) is 35.6. The number of rotatable bonds is 9. The molecule has 176 valence electrons. The Morgan fingerprint density at radius 2 is 1.85 bits per heavy atom. The number of benzene rings is 2. The van der Waals surface area contributed by atoms with Crippen molar-refractivity contribution in [1.29, 1.82) is 0 Å². The molecule has 9 heteroatoms. The van der Waals surface area contributed by atoms with Gasteiger partial charge >= 0.3 is 11.7 Å². The Morgan fingerprint density at radius 3 is 2.61 bits per heavy atom. The number of carbonyl (C=O) groups is 2. The third-order valence-corrected chi connectivity index (χ3v) is 4.98. The van der Waals surface area contributed by atoms with E-state index in [-0.39, 0.29) is 24.9 Å². The number of carbonyl (C=O) groups excluding carboxylic acids is 2. The predicted octanol–water partition coefficient (Wildman–Crippen LogP) is 3.89. The average Bonchev–Trinajstić information content (AvgIpc) is 2.77. The van der Waals surface area contributed by atoms with Gasteiger partial charge in [-0.2, -0.15) is 0 Å². The molecular formula is C24H28ClN3O5. The first-order valence-corrected chi connectivity index (χ1v) is 10.5. The summed E-state index contributed by atoms with van der Waals surface area (Å²) in [5.41, 5.74) is 8.19. The van der Waals surface area contributed by atoms with Crippen molar-refractivity contribution in [1.82, 2.24) is 5.32 Å². The van der Waals surface area contributed by atoms with Crippen LogP contribution in [0.25, 0.3) is 11.0 Å². The summed E-state index contributed by atoms with van der Waals surface area (Å²) >= 11 is 0. The van der Waals surface area contributed by atoms with Gasteiger partial charge in [-0.05, 0) is 49.4 Å². The van der Waals surface area contributed by atoms with E-state index in [1.54, 1.807) is 18.2 Å². The van der Waals surface area contributed by atoms with Crippen LogP contribution in [0.2, 0.25) is 0 Å². The lowest BCUT2D eigenvalue weighted by molar-refractivity contribution is -0.117. The maximum absolute atomic E-state index is 12.4. The Morgan fingerprint density at radius 1 is 1.09 bits per heavy atom. The normalized spacial score (nSPS) is 11.3. The minimum Gasteiger partial charge on any atom is -0.445 e. The topological polar surface area (TPSA) is 124 Å². The zero-order valence-electron chi connectivity index (χ0n) is 18.3. The maximum atomic E-state index is 12.4. The monoisotopic (exact) mass is 473 g/mol. The van der Waals surface area contributed by atoms with E-state index in [0.29, 0.717) is 37.1 Å². The Balaban J connectivity index is 0.00000385. The third kappa shape index (κ3) is 7.93. The number of unbranched alkanes of at least 4 members (excludes halogenated alkanes) is 1. The second kappa shape index (κ2) is 12.6. The zero-order chi connectivity index (χ0) is 22.9. The Hall–Kier alpha value is -3.36. The summed E-state index contributed by atoms with van der Waals surface area (Å²) in [7, 11) is 0. The van der Waals surface area contributed by atoms with Crippen molar-refractivity contribution in [3.05, 3.63) is 76.1 Å². The van der Waals surface area contributed by atoms with E-state index < -0.39 is 17.8 Å². The summed E-state index contributed by atoms with van der Waals surface area (Å²) in [6.45, 7) is 2.48. The van der Waals surface area contributed by atoms with Gasteiger partial charge in [0, 0.05) is 29.8 Å². The van der Waals surface area contributed by atoms with Gasteiger partial charge in [-0.15, -0.1) is 12.4 Å². The van der Waals surface area contributed by atoms with E-state index >= 15 is 0 Å². The van der Waals surface area contributed by atoms with Gasteiger partial charge in [-0.1, -0.05) is 30.3 Å². The number of aryl methyl sites for hydroxylation is 1. The highest BCUT2D eigenvalue weighted by molar-refractivity contribution is 5.96. The number of nitrogens with two attached hydrogens (primary N) is 1. The van der Waals surface area contributed by atoms with Crippen LogP contribution in [0.5, 0.6) is 0 Å². The second-order valence-corrected chi connectivity index (χ2v) is 7.54. The van der Waals surface area contributed by atoms with E-state index in [1.165, 1.54) is 6.07 Å². The van der Waals surface area contributed by atoms with Gasteiger partial charge in [-0.25, -0.2) is 9.59 Å². The fourth-order valence-electron chi connectivity index (χ4n) is 3.22. The molecule has 1 aromatic heterocycles. The molecule has 0 aliphatic rings. The molecule has 0 spiro atoms. The number of hydrogen-bond donors (Lipinski definition) is 3. The van der Waals surface area contributed by atoms with Gasteiger partial charge < -0.3 is 25.5 Å². The zero-order valence-corrected chi connectivity index (χ0v) is 19.2. The van der Waals surface area contributed by atoms with Gasteiger partial charge in [0.15, 0.2) is 0 Å². The Bertz CT molecular complexity index is 1130. The molecule has 0 aliphatic heterocycles. The van der Waals surface area contributed by atoms with E-state index in [1.807, 2.05) is 37.3 Å². The smallest absolute Gasteiger partial charge is 0.407 e. The lowest BCUT2D eigenvalue weighted by Gasteiger charge is -2.13. The quantitative estimate of drug-likeness (QED) is 0.320. The lowest BCUT2D eigenvalue weighted by Crippen LogP contribution is -2.35. The molecule has 1 unspecified atom stereocenters. The average molecular weight is 474 g/mol. The summed E-state index contributed by atoms with van der Waals surface area (Å²) in [5, 5.41) is 6.24. The standard InChI is InChI=1S/C24H27N3O5.ClH/c1-16-13-22(28)32-21-14-18(10-11-19(16)21)27-23(29)20(25)9-5-6-12-26-24(30)31-15-17-7-3-2-4-8-17;/h2-4,7-8,10-11,13-14,20H,5-6,9,12,15,25H2,1H3,(H,26,30)(H,27,29);1H. The van der Waals surface area contributed by atoms with Crippen LogP contribution in [0.3, 0.4) is 0 Å². The molecule has 1 heterocycles. The largest absolute Gasteiger partial charge is 0.445 e. The first-order valence-electron chi connectivity index (χ1n) is 10.5. The number of fused-ring (bicyclic) bond motifs is 1. The Labute approximate surface area is 197 Å². The van der Waals surface area contributed by atoms with Crippen LogP contribution in [0.15, 0.2) is 63.8 Å². The molecule has 0 radical (unpaired) electrons. The van der Waals surface area contributed by atoms with Gasteiger partial charge in [0.2, 0.25) is 5.91 Å². The molecule has 0 bridgehead atoms. The number of amides is 2. The molecule has 0 aliphatic carbocycles. The van der Waals surface area contributed by atoms with Crippen molar-refractivity contribution in [2.24, 2.45) is 5.73 Å². The lowest BCUT2D eigenvalue weighted by atomic mass is 10.1. The number of hydrogen-bond acceptors (Lipinski definition) is 6. The van der Waals surface area contributed by atoms with Gasteiger partial charge in [0.05, 0.1) is 6.04 Å². The number of halogens is 1. The second-order valence-electron chi connectivity index (χ2n) is 7.54. The molecule has 8 nitrogen and oxygen atoms in total. The molecule has 3 rings (SSSR count). The summed E-state index contributed by atoms with van der Waals surface area (Å²) in [6.07, 6.45) is 1.32. The van der Waals surface area contributed by atoms with Crippen molar-refractivity contribution < 1.29 is 18.7 Å². The molecule has 0 saturated carbocycles. The summed E-state index contributed by atoms with van der Waals surface area (Å²) < 4.78 is 10.3. The van der Waals surface area contributed by atoms with Crippen LogP contribution in [0.1, 0.15) is 30.4 Å². The highest BCUT2D eigenvalue weighted by Crippen LogP contribution is 2.21. The molecular weight excluding hydrogens is 446 g/mol. The van der Waals surface area contributed by atoms with Crippen LogP contribution >= 0.6 is 12.4 Å². The molecule has 0 saturated heterocycles. The number of ether oxygens (including phenoxy) is 1. The molecule has 3 aromatic rings. The van der Waals surface area contributed by atoms with Crippen LogP contribution in [0.4, 0.5) is 10.5 Å². The highest BCUT2D eigenvalue weighted by Gasteiger charge is 2.14. The van der Waals surface area contributed by atoms with Crippen LogP contribution in [-0.2, 0) is 16.1 Å². The van der Waals surface area contributed by atoms with E-state index in [2.05, 4.69) is 10.6 Å². The summed E-state index contributed by atoms with van der Waals surface area (Å²) in [5.74, 6) is -0.324. The molecule has 0 fully saturated rings. The molecule has 1 atom stereocenters. The number of nitrogens with one attached hydrogen (secondary N) is 2. The van der Waals surface area contributed by atoms with Crippen molar-refractivity contribution in [3.63, 3.8) is 0 Å². The van der Waals surface area contributed by atoms with Gasteiger partial charge in [-0.3, -0.25) is 4.79 Å². The molecule has 2 aromatic carbocycles. The first kappa shape index (κ1) is 25.9. The van der Waals surface area contributed by atoms with E-state index in [0.717, 1.165) is 16.5 Å². The van der Waals surface area contributed by atoms with Crippen molar-refractivity contribution >= 4 is 41.1 Å². The van der Waals surface area contributed by atoms with E-state index in [4.69, 9.17) is 14.9 Å². The molecule has 4 N–H and O–H groups in total. The first-order chi connectivity index (χ1) is 15.4. The van der Waals surface area contributed by atoms with Crippen LogP contribution in [-0.4, -0.2) is 24.6 Å². The predicted molar refractivity (Wildman–Crippen MR) is 130 cm³/mol. The number of anilines is 1. The van der Waals surface area contributed by atoms with Crippen molar-refractivity contribution in [2.75, 3.05) is 11.9 Å². The molecule has 33 heavy (non-hydrogen) atoms. The number of alkyl carbamates (subject to hydrolysis) is 1. The van der Waals surface area contributed by atoms with E-state index in [9.17, 15) is 14.4 Å². The third-order valence-electron chi connectivity index (χ3n) is 4.98. The van der Waals surface area contributed by atoms with Crippen molar-refractivity contribution in [2.45, 2.75) is 38.8 Å². The van der Waals surface area contributed by atoms with Gasteiger partial charge in [0.25, 0.3) is 0 Å². The van der Waals surface area contributed by atoms with Crippen LogP contribution in [0, 0.1) is 6.92 Å². The summed E-state index contributed by atoms with van der Waals surface area (Å²) in [6, 6.07) is 15.3. The maximum Gasteiger partial charge on any atom is 0.407 e. The molecule has 2 amide bonds.